The molecular weight excluding hydrogens is 300 g/mol. The van der Waals surface area contributed by atoms with Gasteiger partial charge in [-0.2, -0.15) is 4.31 Å². The number of rotatable bonds is 4. The van der Waals surface area contributed by atoms with E-state index in [0.29, 0.717) is 25.2 Å². The van der Waals surface area contributed by atoms with Crippen molar-refractivity contribution in [3.05, 3.63) is 48.0 Å². The Morgan fingerprint density at radius 1 is 1.27 bits per heavy atom. The second-order valence-corrected chi connectivity index (χ2v) is 7.39. The van der Waals surface area contributed by atoms with Gasteiger partial charge >= 0.3 is 0 Å². The van der Waals surface area contributed by atoms with E-state index >= 15 is 0 Å². The van der Waals surface area contributed by atoms with Crippen molar-refractivity contribution in [2.45, 2.75) is 19.9 Å². The maximum Gasteiger partial charge on any atom is 0.253 e. The van der Waals surface area contributed by atoms with Crippen LogP contribution in [0.4, 0.5) is 0 Å². The van der Waals surface area contributed by atoms with E-state index in [-0.39, 0.29) is 17.7 Å². The molecule has 0 spiro atoms. The van der Waals surface area contributed by atoms with Gasteiger partial charge in [-0.25, -0.2) is 8.42 Å². The van der Waals surface area contributed by atoms with Crippen LogP contribution in [-0.2, 0) is 10.0 Å². The summed E-state index contributed by atoms with van der Waals surface area (Å²) in [6.45, 7) is 4.84. The molecule has 0 aromatic heterocycles. The van der Waals surface area contributed by atoms with Crippen LogP contribution in [0, 0.1) is 0 Å². The van der Waals surface area contributed by atoms with Crippen LogP contribution in [0.1, 0.15) is 24.2 Å². The largest absolute Gasteiger partial charge is 0.336 e. The number of allylic oxidation sites excluding steroid dienone is 1. The van der Waals surface area contributed by atoms with Gasteiger partial charge in [-0.15, -0.1) is 0 Å². The van der Waals surface area contributed by atoms with Gasteiger partial charge in [0.2, 0.25) is 10.0 Å². The molecule has 1 fully saturated rings. The van der Waals surface area contributed by atoms with Crippen molar-refractivity contribution in [2.75, 3.05) is 25.4 Å². The molecule has 6 heteroatoms. The summed E-state index contributed by atoms with van der Waals surface area (Å²) in [5.74, 6) is -0.0292. The number of hydrogen-bond donors (Lipinski definition) is 0. The molecule has 1 aromatic rings. The lowest BCUT2D eigenvalue weighted by Gasteiger charge is -2.38. The zero-order valence-electron chi connectivity index (χ0n) is 13.0. The van der Waals surface area contributed by atoms with Crippen molar-refractivity contribution in [3.8, 4) is 0 Å². The van der Waals surface area contributed by atoms with Crippen molar-refractivity contribution >= 4 is 15.9 Å². The van der Waals surface area contributed by atoms with E-state index in [1.807, 2.05) is 25.1 Å². The topological polar surface area (TPSA) is 57.7 Å². The summed E-state index contributed by atoms with van der Waals surface area (Å²) in [6.07, 6.45) is 3.38. The van der Waals surface area contributed by atoms with Crippen molar-refractivity contribution < 1.29 is 13.2 Å². The first kappa shape index (κ1) is 16.7. The second kappa shape index (κ2) is 7.07. The van der Waals surface area contributed by atoms with Crippen molar-refractivity contribution in [3.63, 3.8) is 0 Å². The number of benzene rings is 1. The van der Waals surface area contributed by atoms with Gasteiger partial charge < -0.3 is 4.90 Å². The molecule has 1 aliphatic heterocycles. The molecule has 120 valence electrons. The Morgan fingerprint density at radius 3 is 2.55 bits per heavy atom. The third-order valence-corrected chi connectivity index (χ3v) is 5.65. The summed E-state index contributed by atoms with van der Waals surface area (Å²) in [6, 6.07) is 8.87. The summed E-state index contributed by atoms with van der Waals surface area (Å²) >= 11 is 0. The molecule has 22 heavy (non-hydrogen) atoms. The number of carbonyl (C=O) groups excluding carboxylic acids is 1. The first-order valence-corrected chi connectivity index (χ1v) is 9.01. The van der Waals surface area contributed by atoms with Gasteiger partial charge in [0.1, 0.15) is 0 Å². The van der Waals surface area contributed by atoms with E-state index in [1.54, 1.807) is 36.1 Å². The van der Waals surface area contributed by atoms with Crippen LogP contribution in [0.3, 0.4) is 0 Å². The molecule has 1 heterocycles. The Morgan fingerprint density at radius 2 is 1.95 bits per heavy atom. The van der Waals surface area contributed by atoms with Gasteiger partial charge in [0.05, 0.1) is 5.75 Å². The third kappa shape index (κ3) is 3.75. The Balaban J connectivity index is 2.05. The molecule has 1 aliphatic rings. The Kier molecular flexibility index (Phi) is 5.37. The molecule has 0 aliphatic carbocycles. The number of nitrogens with zero attached hydrogens (tertiary/aromatic N) is 2. The van der Waals surface area contributed by atoms with Crippen LogP contribution < -0.4 is 0 Å². The fourth-order valence-corrected chi connectivity index (χ4v) is 4.22. The van der Waals surface area contributed by atoms with Crippen LogP contribution in [0.25, 0.3) is 0 Å². The van der Waals surface area contributed by atoms with Gasteiger partial charge in [-0.05, 0) is 26.0 Å². The summed E-state index contributed by atoms with van der Waals surface area (Å²) in [5, 5.41) is 0. The molecule has 0 radical (unpaired) electrons. The molecule has 0 saturated carbocycles. The summed E-state index contributed by atoms with van der Waals surface area (Å²) in [5.41, 5.74) is 0.639. The van der Waals surface area contributed by atoms with Crippen LogP contribution in [-0.4, -0.2) is 55.0 Å². The Labute approximate surface area is 132 Å². The number of piperazine rings is 1. The quantitative estimate of drug-likeness (QED) is 0.794. The average molecular weight is 322 g/mol. The average Bonchev–Trinajstić information content (AvgIpc) is 2.52. The summed E-state index contributed by atoms with van der Waals surface area (Å²) < 4.78 is 26.0. The highest BCUT2D eigenvalue weighted by atomic mass is 32.2. The molecule has 0 N–H and O–H groups in total. The van der Waals surface area contributed by atoms with E-state index in [0.717, 1.165) is 0 Å². The van der Waals surface area contributed by atoms with E-state index in [1.165, 1.54) is 4.31 Å². The number of carbonyl (C=O) groups is 1. The number of amides is 1. The standard InChI is InChI=1S/C16H22N2O3S/c1-3-4-12-22(20,21)18-11-10-17(13-14(18)2)16(19)15-8-6-5-7-9-15/h3-9,14H,10-13H2,1-2H3/b4-3-. The maximum absolute atomic E-state index is 12.4. The normalized spacial score (nSPS) is 20.5. The number of sulfonamides is 1. The second-order valence-electron chi connectivity index (χ2n) is 5.42. The molecule has 1 saturated heterocycles. The lowest BCUT2D eigenvalue weighted by Crippen LogP contribution is -2.55. The highest BCUT2D eigenvalue weighted by Gasteiger charge is 2.33. The minimum atomic E-state index is -3.30. The maximum atomic E-state index is 12.4. The zero-order chi connectivity index (χ0) is 16.2. The number of hydrogen-bond acceptors (Lipinski definition) is 3. The third-order valence-electron chi connectivity index (χ3n) is 3.77. The molecule has 0 bridgehead atoms. The minimum Gasteiger partial charge on any atom is -0.336 e. The predicted molar refractivity (Wildman–Crippen MR) is 87.1 cm³/mol. The van der Waals surface area contributed by atoms with Crippen LogP contribution >= 0.6 is 0 Å². The first-order valence-electron chi connectivity index (χ1n) is 7.40. The predicted octanol–water partition coefficient (Wildman–Crippen LogP) is 1.74. The van der Waals surface area contributed by atoms with Crippen LogP contribution in [0.2, 0.25) is 0 Å². The van der Waals surface area contributed by atoms with Crippen LogP contribution in [0.5, 0.6) is 0 Å². The first-order chi connectivity index (χ1) is 10.5. The smallest absolute Gasteiger partial charge is 0.253 e. The van der Waals surface area contributed by atoms with Gasteiger partial charge in [0.25, 0.3) is 5.91 Å². The fraction of sp³-hybridized carbons (Fsp3) is 0.438. The fourth-order valence-electron chi connectivity index (χ4n) is 2.62. The van der Waals surface area contributed by atoms with Gasteiger partial charge in [0.15, 0.2) is 0 Å². The molecule has 1 unspecified atom stereocenters. The summed E-state index contributed by atoms with van der Waals surface area (Å²) in [4.78, 5) is 14.1. The van der Waals surface area contributed by atoms with Gasteiger partial charge in [-0.3, -0.25) is 4.79 Å². The monoisotopic (exact) mass is 322 g/mol. The van der Waals surface area contributed by atoms with E-state index in [9.17, 15) is 13.2 Å². The van der Waals surface area contributed by atoms with E-state index < -0.39 is 10.0 Å². The van der Waals surface area contributed by atoms with Gasteiger partial charge in [-0.1, -0.05) is 30.4 Å². The SMILES string of the molecule is C/C=C\CS(=O)(=O)N1CCN(C(=O)c2ccccc2)CC1C. The molecule has 2 rings (SSSR count). The Bertz CT molecular complexity index is 641. The van der Waals surface area contributed by atoms with E-state index in [4.69, 9.17) is 0 Å². The highest BCUT2D eigenvalue weighted by Crippen LogP contribution is 2.17. The Hall–Kier alpha value is -1.66. The lowest BCUT2D eigenvalue weighted by molar-refractivity contribution is 0.0642. The molecule has 1 amide bonds. The highest BCUT2D eigenvalue weighted by molar-refractivity contribution is 7.89. The molecule has 1 aromatic carbocycles. The van der Waals surface area contributed by atoms with E-state index in [2.05, 4.69) is 0 Å². The van der Waals surface area contributed by atoms with Gasteiger partial charge in [0, 0.05) is 31.2 Å². The summed E-state index contributed by atoms with van der Waals surface area (Å²) in [7, 11) is -3.30. The molecule has 1 atom stereocenters. The zero-order valence-corrected chi connectivity index (χ0v) is 13.8. The van der Waals surface area contributed by atoms with Crippen LogP contribution in [0.15, 0.2) is 42.5 Å². The minimum absolute atomic E-state index is 0.0144. The molecule has 5 nitrogen and oxygen atoms in total. The van der Waals surface area contributed by atoms with Crippen molar-refractivity contribution in [1.82, 2.24) is 9.21 Å². The van der Waals surface area contributed by atoms with Crippen molar-refractivity contribution in [1.29, 1.82) is 0 Å². The lowest BCUT2D eigenvalue weighted by atomic mass is 10.1. The van der Waals surface area contributed by atoms with Crippen molar-refractivity contribution in [2.24, 2.45) is 0 Å². The molecular formula is C16H22N2O3S.